The van der Waals surface area contributed by atoms with Crippen molar-refractivity contribution in [3.63, 3.8) is 0 Å². The summed E-state index contributed by atoms with van der Waals surface area (Å²) in [4.78, 5) is 0. The van der Waals surface area contributed by atoms with Crippen LogP contribution in [0.5, 0.6) is 5.75 Å². The van der Waals surface area contributed by atoms with Gasteiger partial charge in [-0.25, -0.2) is 0 Å². The van der Waals surface area contributed by atoms with Crippen molar-refractivity contribution in [1.29, 1.82) is 0 Å². The summed E-state index contributed by atoms with van der Waals surface area (Å²) >= 11 is 0. The topological polar surface area (TPSA) is 55.5 Å². The molecule has 0 heterocycles. The minimum atomic E-state index is -0.299. The van der Waals surface area contributed by atoms with Crippen molar-refractivity contribution >= 4 is 0 Å². The van der Waals surface area contributed by atoms with Crippen molar-refractivity contribution in [3.8, 4) is 5.75 Å². The van der Waals surface area contributed by atoms with E-state index in [0.29, 0.717) is 0 Å². The Labute approximate surface area is 116 Å². The number of rotatable bonds is 10. The molecule has 0 unspecified atom stereocenters. The van der Waals surface area contributed by atoms with Crippen molar-refractivity contribution < 1.29 is 9.84 Å². The lowest BCUT2D eigenvalue weighted by molar-refractivity contribution is 0.267. The molecule has 0 amide bonds. The Balaban J connectivity index is 2.16. The Hall–Kier alpha value is -1.06. The van der Waals surface area contributed by atoms with E-state index in [2.05, 4.69) is 6.92 Å². The summed E-state index contributed by atoms with van der Waals surface area (Å²) in [6.45, 7) is 2.98. The van der Waals surface area contributed by atoms with Crippen molar-refractivity contribution in [2.45, 2.75) is 51.5 Å². The standard InChI is InChI=1S/C16H27NO2/c1-2-3-4-5-6-7-12-19-15-10-8-14(9-11-15)16(17)13-18/h8-11,16,18H,2-7,12-13,17H2,1H3/t16-/m1/s1. The van der Waals surface area contributed by atoms with Crippen molar-refractivity contribution in [2.75, 3.05) is 13.2 Å². The third-order valence-corrected chi connectivity index (χ3v) is 3.27. The third-order valence-electron chi connectivity index (χ3n) is 3.27. The zero-order valence-corrected chi connectivity index (χ0v) is 12.0. The largest absolute Gasteiger partial charge is 0.494 e. The summed E-state index contributed by atoms with van der Waals surface area (Å²) in [5.74, 6) is 0.877. The molecule has 0 saturated carbocycles. The second kappa shape index (κ2) is 9.82. The molecule has 0 saturated heterocycles. The fourth-order valence-corrected chi connectivity index (χ4v) is 1.99. The molecule has 3 nitrogen and oxygen atoms in total. The van der Waals surface area contributed by atoms with Crippen molar-refractivity contribution in [1.82, 2.24) is 0 Å². The maximum atomic E-state index is 8.96. The van der Waals surface area contributed by atoms with Gasteiger partial charge in [0.2, 0.25) is 0 Å². The first-order valence-electron chi connectivity index (χ1n) is 7.37. The summed E-state index contributed by atoms with van der Waals surface area (Å²) in [7, 11) is 0. The van der Waals surface area contributed by atoms with Crippen LogP contribution in [0.25, 0.3) is 0 Å². The highest BCUT2D eigenvalue weighted by Gasteiger charge is 2.03. The van der Waals surface area contributed by atoms with Gasteiger partial charge in [-0.05, 0) is 24.1 Å². The van der Waals surface area contributed by atoms with E-state index < -0.39 is 0 Å². The second-order valence-electron chi connectivity index (χ2n) is 4.97. The molecule has 1 aromatic rings. The van der Waals surface area contributed by atoms with Crippen molar-refractivity contribution in [3.05, 3.63) is 29.8 Å². The van der Waals surface area contributed by atoms with E-state index in [1.54, 1.807) is 0 Å². The molecule has 1 rings (SSSR count). The first-order valence-corrected chi connectivity index (χ1v) is 7.37. The van der Waals surface area contributed by atoms with Gasteiger partial charge in [-0.1, -0.05) is 51.2 Å². The number of nitrogens with two attached hydrogens (primary N) is 1. The van der Waals surface area contributed by atoms with Crippen LogP contribution < -0.4 is 10.5 Å². The number of aliphatic hydroxyl groups excluding tert-OH is 1. The van der Waals surface area contributed by atoms with Gasteiger partial charge in [0.1, 0.15) is 5.75 Å². The van der Waals surface area contributed by atoms with Crippen LogP contribution in [-0.2, 0) is 0 Å². The quantitative estimate of drug-likeness (QED) is 0.637. The summed E-state index contributed by atoms with van der Waals surface area (Å²) in [6.07, 6.45) is 7.63. The summed E-state index contributed by atoms with van der Waals surface area (Å²) in [5, 5.41) is 8.96. The monoisotopic (exact) mass is 265 g/mol. The number of hydrogen-bond acceptors (Lipinski definition) is 3. The van der Waals surface area contributed by atoms with Crippen LogP contribution in [0.2, 0.25) is 0 Å². The molecular formula is C16H27NO2. The second-order valence-corrected chi connectivity index (χ2v) is 4.97. The van der Waals surface area contributed by atoms with E-state index in [-0.39, 0.29) is 12.6 Å². The molecule has 0 fully saturated rings. The van der Waals surface area contributed by atoms with Gasteiger partial charge in [0.15, 0.2) is 0 Å². The van der Waals surface area contributed by atoms with Gasteiger partial charge in [-0.3, -0.25) is 0 Å². The van der Waals surface area contributed by atoms with Gasteiger partial charge in [-0.2, -0.15) is 0 Å². The number of hydrogen-bond donors (Lipinski definition) is 2. The fourth-order valence-electron chi connectivity index (χ4n) is 1.99. The van der Waals surface area contributed by atoms with Crippen LogP contribution in [0.4, 0.5) is 0 Å². The molecule has 3 N–H and O–H groups in total. The molecule has 1 atom stereocenters. The van der Waals surface area contributed by atoms with Crippen LogP contribution in [0, 0.1) is 0 Å². The lowest BCUT2D eigenvalue weighted by Crippen LogP contribution is -2.14. The van der Waals surface area contributed by atoms with Crippen LogP contribution >= 0.6 is 0 Å². The van der Waals surface area contributed by atoms with E-state index >= 15 is 0 Å². The highest BCUT2D eigenvalue weighted by Crippen LogP contribution is 2.16. The molecule has 0 bridgehead atoms. The SMILES string of the molecule is CCCCCCCCOc1ccc([C@H](N)CO)cc1. The van der Waals surface area contributed by atoms with Gasteiger partial charge < -0.3 is 15.6 Å². The van der Waals surface area contributed by atoms with Crippen LogP contribution in [0.15, 0.2) is 24.3 Å². The first-order chi connectivity index (χ1) is 9.27. The molecule has 0 aliphatic carbocycles. The summed E-state index contributed by atoms with van der Waals surface area (Å²) < 4.78 is 5.68. The predicted octanol–water partition coefficient (Wildman–Crippen LogP) is 3.42. The van der Waals surface area contributed by atoms with Gasteiger partial charge in [0.25, 0.3) is 0 Å². The molecule has 0 aromatic heterocycles. The zero-order chi connectivity index (χ0) is 13.9. The van der Waals surface area contributed by atoms with Crippen LogP contribution in [0.3, 0.4) is 0 Å². The van der Waals surface area contributed by atoms with E-state index in [9.17, 15) is 0 Å². The lowest BCUT2D eigenvalue weighted by Gasteiger charge is -2.10. The molecule has 0 radical (unpaired) electrons. The number of ether oxygens (including phenoxy) is 1. The zero-order valence-electron chi connectivity index (χ0n) is 12.0. The summed E-state index contributed by atoms with van der Waals surface area (Å²) in [6, 6.07) is 7.37. The number of unbranched alkanes of at least 4 members (excludes halogenated alkanes) is 5. The molecule has 0 aliphatic rings. The maximum Gasteiger partial charge on any atom is 0.119 e. The third kappa shape index (κ3) is 6.60. The maximum absolute atomic E-state index is 8.96. The molecule has 0 aliphatic heterocycles. The Bertz CT molecular complexity index is 324. The van der Waals surface area contributed by atoms with Crippen LogP contribution in [0.1, 0.15) is 57.1 Å². The summed E-state index contributed by atoms with van der Waals surface area (Å²) in [5.41, 5.74) is 6.67. The Kier molecular flexibility index (Phi) is 8.26. The number of aliphatic hydroxyl groups is 1. The lowest BCUT2D eigenvalue weighted by atomic mass is 10.1. The average Bonchev–Trinajstić information content (AvgIpc) is 2.46. The minimum absolute atomic E-state index is 0.0298. The molecule has 0 spiro atoms. The Morgan fingerprint density at radius 2 is 1.68 bits per heavy atom. The van der Waals surface area contributed by atoms with Gasteiger partial charge >= 0.3 is 0 Å². The molecule has 108 valence electrons. The van der Waals surface area contributed by atoms with E-state index in [0.717, 1.165) is 24.3 Å². The average molecular weight is 265 g/mol. The molecular weight excluding hydrogens is 238 g/mol. The van der Waals surface area contributed by atoms with Crippen molar-refractivity contribution in [2.24, 2.45) is 5.73 Å². The normalized spacial score (nSPS) is 12.4. The number of benzene rings is 1. The highest BCUT2D eigenvalue weighted by molar-refractivity contribution is 5.29. The first kappa shape index (κ1) is 16.0. The molecule has 19 heavy (non-hydrogen) atoms. The van der Waals surface area contributed by atoms with Gasteiger partial charge in [-0.15, -0.1) is 0 Å². The van der Waals surface area contributed by atoms with Gasteiger partial charge in [0.05, 0.1) is 19.3 Å². The molecule has 1 aromatic carbocycles. The Morgan fingerprint density at radius 3 is 2.32 bits per heavy atom. The van der Waals surface area contributed by atoms with E-state index in [1.165, 1.54) is 32.1 Å². The smallest absolute Gasteiger partial charge is 0.119 e. The van der Waals surface area contributed by atoms with Gasteiger partial charge in [0, 0.05) is 0 Å². The highest BCUT2D eigenvalue weighted by atomic mass is 16.5. The molecule has 3 heteroatoms. The minimum Gasteiger partial charge on any atom is -0.494 e. The fraction of sp³-hybridized carbons (Fsp3) is 0.625. The van der Waals surface area contributed by atoms with E-state index in [1.807, 2.05) is 24.3 Å². The van der Waals surface area contributed by atoms with Crippen LogP contribution in [-0.4, -0.2) is 18.3 Å². The van der Waals surface area contributed by atoms with E-state index in [4.69, 9.17) is 15.6 Å². The predicted molar refractivity (Wildman–Crippen MR) is 79.3 cm³/mol. The Morgan fingerprint density at radius 1 is 1.05 bits per heavy atom.